The summed E-state index contributed by atoms with van der Waals surface area (Å²) >= 11 is 0. The lowest BCUT2D eigenvalue weighted by molar-refractivity contribution is -0.135. The molecule has 25 heavy (non-hydrogen) atoms. The molecule has 140 valence electrons. The van der Waals surface area contributed by atoms with Crippen LogP contribution in [0.4, 0.5) is 0 Å². The van der Waals surface area contributed by atoms with Crippen molar-refractivity contribution < 1.29 is 14.3 Å². The summed E-state index contributed by atoms with van der Waals surface area (Å²) in [5.41, 5.74) is 6.33. The van der Waals surface area contributed by atoms with Gasteiger partial charge in [-0.2, -0.15) is 0 Å². The fraction of sp³-hybridized carbons (Fsp3) is 0.556. The third-order valence-corrected chi connectivity index (χ3v) is 4.42. The predicted molar refractivity (Wildman–Crippen MR) is 100 cm³/mol. The minimum Gasteiger partial charge on any atom is -0.496 e. The van der Waals surface area contributed by atoms with Gasteiger partial charge in [0.25, 0.3) is 5.91 Å². The highest BCUT2D eigenvalue weighted by Gasteiger charge is 2.31. The quantitative estimate of drug-likeness (QED) is 0.829. The molecule has 1 aromatic rings. The van der Waals surface area contributed by atoms with Gasteiger partial charge in [-0.1, -0.05) is 26.0 Å². The number of benzene rings is 1. The van der Waals surface area contributed by atoms with Crippen molar-refractivity contribution in [2.45, 2.75) is 38.8 Å². The lowest BCUT2D eigenvalue weighted by atomic mass is 9.99. The Morgan fingerprint density at radius 2 is 1.84 bits per heavy atom. The number of ether oxygens (including phenoxy) is 1. The molecule has 1 saturated heterocycles. The maximum atomic E-state index is 12.8. The highest BCUT2D eigenvalue weighted by Crippen LogP contribution is 2.19. The second kappa shape index (κ2) is 9.63. The van der Waals surface area contributed by atoms with Crippen LogP contribution < -0.4 is 15.8 Å². The molecule has 2 amide bonds. The summed E-state index contributed by atoms with van der Waals surface area (Å²) in [5, 5.41) is 2.87. The number of piperidine rings is 1. The highest BCUT2D eigenvalue weighted by atomic mass is 35.5. The summed E-state index contributed by atoms with van der Waals surface area (Å²) in [6.45, 7) is 5.16. The molecule has 1 aromatic carbocycles. The van der Waals surface area contributed by atoms with Crippen LogP contribution in [0.3, 0.4) is 0 Å². The molecule has 0 aliphatic carbocycles. The molecule has 0 bridgehead atoms. The van der Waals surface area contributed by atoms with Gasteiger partial charge in [-0.05, 0) is 30.9 Å². The third kappa shape index (κ3) is 5.34. The number of likely N-dealkylation sites (tertiary alicyclic amines) is 1. The monoisotopic (exact) mass is 369 g/mol. The first kappa shape index (κ1) is 21.3. The predicted octanol–water partition coefficient (Wildman–Crippen LogP) is 1.82. The lowest BCUT2D eigenvalue weighted by Crippen LogP contribution is -2.54. The van der Waals surface area contributed by atoms with Gasteiger partial charge in [-0.3, -0.25) is 9.59 Å². The molecule has 1 aliphatic heterocycles. The molecule has 0 aromatic heterocycles. The molecule has 0 spiro atoms. The Morgan fingerprint density at radius 3 is 2.40 bits per heavy atom. The highest BCUT2D eigenvalue weighted by molar-refractivity contribution is 5.99. The van der Waals surface area contributed by atoms with Crippen molar-refractivity contribution in [3.05, 3.63) is 29.8 Å². The number of para-hydroxylation sites is 1. The molecule has 2 rings (SSSR count). The van der Waals surface area contributed by atoms with Crippen molar-refractivity contribution in [3.8, 4) is 5.75 Å². The molecule has 1 unspecified atom stereocenters. The topological polar surface area (TPSA) is 84.7 Å². The molecule has 1 fully saturated rings. The molecular weight excluding hydrogens is 342 g/mol. The van der Waals surface area contributed by atoms with E-state index in [9.17, 15) is 9.59 Å². The second-order valence-electron chi connectivity index (χ2n) is 6.56. The zero-order chi connectivity index (χ0) is 17.7. The van der Waals surface area contributed by atoms with Crippen molar-refractivity contribution in [1.82, 2.24) is 10.2 Å². The fourth-order valence-electron chi connectivity index (χ4n) is 2.88. The average molecular weight is 370 g/mol. The molecule has 3 N–H and O–H groups in total. The molecule has 1 atom stereocenters. The maximum absolute atomic E-state index is 12.8. The molecule has 0 radical (unpaired) electrons. The smallest absolute Gasteiger partial charge is 0.255 e. The standard InChI is InChI=1S/C18H27N3O3.ClH/c1-12(2)16(18(23)21-10-8-13(19)9-11-21)20-17(22)14-6-4-5-7-15(14)24-3;/h4-7,12-13,16H,8-11,19H2,1-3H3,(H,20,22);1H. The zero-order valence-electron chi connectivity index (χ0n) is 15.0. The Balaban J connectivity index is 0.00000312. The van der Waals surface area contributed by atoms with Crippen LogP contribution in [0.15, 0.2) is 24.3 Å². The average Bonchev–Trinajstić information content (AvgIpc) is 2.59. The molecule has 6 nitrogen and oxygen atoms in total. The number of carbonyl (C=O) groups excluding carboxylic acids is 2. The van der Waals surface area contributed by atoms with E-state index in [4.69, 9.17) is 10.5 Å². The van der Waals surface area contributed by atoms with Crippen LogP contribution in [0.25, 0.3) is 0 Å². The summed E-state index contributed by atoms with van der Waals surface area (Å²) in [6, 6.07) is 6.60. The number of methoxy groups -OCH3 is 1. The van der Waals surface area contributed by atoms with Crippen LogP contribution in [-0.2, 0) is 4.79 Å². The third-order valence-electron chi connectivity index (χ3n) is 4.42. The first-order chi connectivity index (χ1) is 11.4. The number of carbonyl (C=O) groups is 2. The van der Waals surface area contributed by atoms with E-state index in [1.165, 1.54) is 7.11 Å². The largest absolute Gasteiger partial charge is 0.496 e. The Hall–Kier alpha value is -1.79. The number of nitrogens with two attached hydrogens (primary N) is 1. The van der Waals surface area contributed by atoms with Gasteiger partial charge in [-0.15, -0.1) is 12.4 Å². The van der Waals surface area contributed by atoms with Crippen LogP contribution in [0.1, 0.15) is 37.0 Å². The Bertz CT molecular complexity index is 587. The number of nitrogens with zero attached hydrogens (tertiary/aromatic N) is 1. The van der Waals surface area contributed by atoms with Gasteiger partial charge < -0.3 is 20.7 Å². The van der Waals surface area contributed by atoms with Gasteiger partial charge in [0.15, 0.2) is 0 Å². The lowest BCUT2D eigenvalue weighted by Gasteiger charge is -2.34. The molecule has 0 saturated carbocycles. The van der Waals surface area contributed by atoms with E-state index in [1.54, 1.807) is 29.2 Å². The van der Waals surface area contributed by atoms with Gasteiger partial charge >= 0.3 is 0 Å². The van der Waals surface area contributed by atoms with Gasteiger partial charge in [-0.25, -0.2) is 0 Å². The van der Waals surface area contributed by atoms with Gasteiger partial charge in [0.2, 0.25) is 5.91 Å². The number of amides is 2. The summed E-state index contributed by atoms with van der Waals surface area (Å²) in [6.07, 6.45) is 1.61. The minimum atomic E-state index is -0.559. The maximum Gasteiger partial charge on any atom is 0.255 e. The zero-order valence-corrected chi connectivity index (χ0v) is 15.8. The van der Waals surface area contributed by atoms with Crippen LogP contribution in [-0.4, -0.2) is 49.0 Å². The Kier molecular flexibility index (Phi) is 8.19. The number of rotatable bonds is 5. The number of halogens is 1. The Morgan fingerprint density at radius 1 is 1.24 bits per heavy atom. The molecule has 7 heteroatoms. The van der Waals surface area contributed by atoms with Crippen molar-refractivity contribution in [2.24, 2.45) is 11.7 Å². The van der Waals surface area contributed by atoms with E-state index in [0.29, 0.717) is 24.4 Å². The van der Waals surface area contributed by atoms with E-state index >= 15 is 0 Å². The van der Waals surface area contributed by atoms with Gasteiger partial charge in [0, 0.05) is 19.1 Å². The fourth-order valence-corrected chi connectivity index (χ4v) is 2.88. The molecular formula is C18H28ClN3O3. The summed E-state index contributed by atoms with van der Waals surface area (Å²) in [7, 11) is 1.52. The first-order valence-corrected chi connectivity index (χ1v) is 8.42. The van der Waals surface area contributed by atoms with Crippen LogP contribution >= 0.6 is 12.4 Å². The molecule has 1 heterocycles. The van der Waals surface area contributed by atoms with Crippen molar-refractivity contribution in [3.63, 3.8) is 0 Å². The minimum absolute atomic E-state index is 0. The van der Waals surface area contributed by atoms with E-state index in [0.717, 1.165) is 12.8 Å². The van der Waals surface area contributed by atoms with E-state index < -0.39 is 6.04 Å². The Labute approximate surface area is 155 Å². The summed E-state index contributed by atoms with van der Waals surface area (Å²) < 4.78 is 5.23. The van der Waals surface area contributed by atoms with E-state index in [1.807, 2.05) is 13.8 Å². The van der Waals surface area contributed by atoms with Crippen LogP contribution in [0.2, 0.25) is 0 Å². The first-order valence-electron chi connectivity index (χ1n) is 8.42. The number of hydrogen-bond donors (Lipinski definition) is 2. The SMILES string of the molecule is COc1ccccc1C(=O)NC(C(=O)N1CCC(N)CC1)C(C)C.Cl. The normalized spacial score (nSPS) is 16.1. The van der Waals surface area contributed by atoms with E-state index in [-0.39, 0.29) is 36.2 Å². The summed E-state index contributed by atoms with van der Waals surface area (Å²) in [5.74, 6) is 0.147. The van der Waals surface area contributed by atoms with Gasteiger partial charge in [0.1, 0.15) is 11.8 Å². The van der Waals surface area contributed by atoms with Gasteiger partial charge in [0.05, 0.1) is 12.7 Å². The number of nitrogens with one attached hydrogen (secondary N) is 1. The summed E-state index contributed by atoms with van der Waals surface area (Å²) in [4.78, 5) is 27.2. The van der Waals surface area contributed by atoms with Crippen LogP contribution in [0.5, 0.6) is 5.75 Å². The second-order valence-corrected chi connectivity index (χ2v) is 6.56. The van der Waals surface area contributed by atoms with Crippen molar-refractivity contribution in [2.75, 3.05) is 20.2 Å². The van der Waals surface area contributed by atoms with E-state index in [2.05, 4.69) is 5.32 Å². The molecule has 1 aliphatic rings. The van der Waals surface area contributed by atoms with Crippen LogP contribution in [0, 0.1) is 5.92 Å². The van der Waals surface area contributed by atoms with Crippen molar-refractivity contribution >= 4 is 24.2 Å². The number of hydrogen-bond acceptors (Lipinski definition) is 4. The van der Waals surface area contributed by atoms with Crippen molar-refractivity contribution in [1.29, 1.82) is 0 Å².